The van der Waals surface area contributed by atoms with Crippen molar-refractivity contribution in [1.82, 2.24) is 30.2 Å². The standard InChI is InChI=1S/C13H24N2O4.C9H18N2O2.C8H16N2O2.C4H7BrO2/c1-5-18-11(16)10-14-6-8-15(9-7-14)12(17)19-13(2,3)4;1-9(2,3)13-8(12)11-6-4-10-5-7-11;1-2-12-8(11)7-10-5-3-9-4-6-10;1-2-7-4(6)3-5/h5-10H2,1-4H3;10H,4-7H2,1-3H3;9H,2-7H2,1H3;2-3H2,1H3. The summed E-state index contributed by atoms with van der Waals surface area (Å²) in [6.45, 7) is 28.2. The Balaban J connectivity index is 0.000000690. The molecular formula is C34H65BrN6O10. The molecule has 51 heavy (non-hydrogen) atoms. The van der Waals surface area contributed by atoms with Gasteiger partial charge in [0.05, 0.1) is 32.9 Å². The third-order valence-corrected chi connectivity index (χ3v) is 7.19. The van der Waals surface area contributed by atoms with E-state index in [1.165, 1.54) is 0 Å². The summed E-state index contributed by atoms with van der Waals surface area (Å²) in [6.07, 6.45) is -0.489. The van der Waals surface area contributed by atoms with E-state index in [0.717, 1.165) is 52.4 Å². The molecule has 2 N–H and O–H groups in total. The zero-order valence-electron chi connectivity index (χ0n) is 32.5. The van der Waals surface area contributed by atoms with Gasteiger partial charge in [-0.1, -0.05) is 15.9 Å². The molecule has 0 spiro atoms. The van der Waals surface area contributed by atoms with E-state index in [1.807, 2.05) is 53.4 Å². The van der Waals surface area contributed by atoms with Gasteiger partial charge in [0.25, 0.3) is 0 Å². The summed E-state index contributed by atoms with van der Waals surface area (Å²) in [4.78, 5) is 63.3. The largest absolute Gasteiger partial charge is 0.465 e. The molecular weight excluding hydrogens is 732 g/mol. The van der Waals surface area contributed by atoms with Crippen LogP contribution in [-0.4, -0.2) is 178 Å². The van der Waals surface area contributed by atoms with E-state index in [4.69, 9.17) is 18.9 Å². The molecule has 17 heteroatoms. The Hall–Kier alpha value is -2.73. The first-order valence-corrected chi connectivity index (χ1v) is 18.9. The lowest BCUT2D eigenvalue weighted by molar-refractivity contribution is -0.145. The Morgan fingerprint density at radius 2 is 0.863 bits per heavy atom. The van der Waals surface area contributed by atoms with Crippen molar-refractivity contribution >= 4 is 46.0 Å². The summed E-state index contributed by atoms with van der Waals surface area (Å²) in [5.41, 5.74) is -0.860. The number of carbonyl (C=O) groups excluding carboxylic acids is 5. The number of halogens is 1. The third kappa shape index (κ3) is 26.7. The Kier molecular flexibility index (Phi) is 25.5. The second-order valence-corrected chi connectivity index (χ2v) is 14.1. The second kappa shape index (κ2) is 27.0. The molecule has 3 aliphatic rings. The molecule has 3 fully saturated rings. The van der Waals surface area contributed by atoms with E-state index in [1.54, 1.807) is 23.6 Å². The highest BCUT2D eigenvalue weighted by Gasteiger charge is 2.27. The van der Waals surface area contributed by atoms with Gasteiger partial charge in [0.2, 0.25) is 0 Å². The van der Waals surface area contributed by atoms with E-state index >= 15 is 0 Å². The topological polar surface area (TPSA) is 169 Å². The van der Waals surface area contributed by atoms with Crippen molar-refractivity contribution in [2.24, 2.45) is 0 Å². The SMILES string of the molecule is CC(C)(C)OC(=O)N1CCNCC1.CCOC(=O)CBr.CCOC(=O)CN1CCN(C(=O)OC(C)(C)C)CC1.CCOC(=O)CN1CCNCC1. The quantitative estimate of drug-likeness (QED) is 0.209. The summed E-state index contributed by atoms with van der Waals surface area (Å²) in [5, 5.41) is 6.70. The van der Waals surface area contributed by atoms with Gasteiger partial charge in [0, 0.05) is 78.5 Å². The second-order valence-electron chi connectivity index (χ2n) is 13.5. The van der Waals surface area contributed by atoms with Crippen LogP contribution in [0.4, 0.5) is 9.59 Å². The molecule has 3 heterocycles. The summed E-state index contributed by atoms with van der Waals surface area (Å²) >= 11 is 2.94. The highest BCUT2D eigenvalue weighted by atomic mass is 79.9. The molecule has 3 saturated heterocycles. The predicted molar refractivity (Wildman–Crippen MR) is 198 cm³/mol. The maximum absolute atomic E-state index is 11.8. The molecule has 0 aromatic carbocycles. The molecule has 0 radical (unpaired) electrons. The number of esters is 3. The van der Waals surface area contributed by atoms with E-state index in [0.29, 0.717) is 57.9 Å². The van der Waals surface area contributed by atoms with Crippen LogP contribution in [0.1, 0.15) is 62.3 Å². The molecule has 3 rings (SSSR count). The van der Waals surface area contributed by atoms with Crippen LogP contribution in [-0.2, 0) is 38.1 Å². The molecule has 0 atom stereocenters. The average Bonchev–Trinajstić information content (AvgIpc) is 3.05. The van der Waals surface area contributed by atoms with Gasteiger partial charge in [-0.3, -0.25) is 24.2 Å². The van der Waals surface area contributed by atoms with Crippen molar-refractivity contribution in [2.45, 2.75) is 73.5 Å². The lowest BCUT2D eigenvalue weighted by Gasteiger charge is -2.35. The minimum absolute atomic E-state index is 0.112. The Morgan fingerprint density at radius 3 is 1.20 bits per heavy atom. The number of alkyl halides is 1. The smallest absolute Gasteiger partial charge is 0.410 e. The fourth-order valence-electron chi connectivity index (χ4n) is 4.44. The van der Waals surface area contributed by atoms with Crippen molar-refractivity contribution in [3.05, 3.63) is 0 Å². The molecule has 0 bridgehead atoms. The van der Waals surface area contributed by atoms with E-state index in [9.17, 15) is 24.0 Å². The Bertz CT molecular complexity index is 1000. The van der Waals surface area contributed by atoms with Crippen molar-refractivity contribution in [2.75, 3.05) is 117 Å². The number of carbonyl (C=O) groups is 5. The van der Waals surface area contributed by atoms with Gasteiger partial charge in [-0.25, -0.2) is 9.59 Å². The Morgan fingerprint density at radius 1 is 0.529 bits per heavy atom. The van der Waals surface area contributed by atoms with Crippen LogP contribution in [0, 0.1) is 0 Å². The molecule has 2 amide bonds. The minimum Gasteiger partial charge on any atom is -0.465 e. The molecule has 0 aliphatic carbocycles. The number of rotatable bonds is 8. The van der Waals surface area contributed by atoms with Crippen molar-refractivity contribution < 1.29 is 47.7 Å². The molecule has 0 unspecified atom stereocenters. The monoisotopic (exact) mass is 796 g/mol. The number of nitrogens with zero attached hydrogens (tertiary/aromatic N) is 4. The summed E-state index contributed by atoms with van der Waals surface area (Å²) in [6, 6.07) is 0. The maximum atomic E-state index is 11.8. The number of ether oxygens (including phenoxy) is 5. The molecule has 0 saturated carbocycles. The summed E-state index contributed by atoms with van der Waals surface area (Å²) < 4.78 is 24.8. The van der Waals surface area contributed by atoms with Crippen molar-refractivity contribution in [3.63, 3.8) is 0 Å². The van der Waals surface area contributed by atoms with Crippen LogP contribution >= 0.6 is 15.9 Å². The van der Waals surface area contributed by atoms with Gasteiger partial charge in [-0.15, -0.1) is 0 Å². The number of piperazine rings is 3. The number of hydrogen-bond acceptors (Lipinski definition) is 14. The average molecular weight is 798 g/mol. The van der Waals surface area contributed by atoms with Gasteiger partial charge < -0.3 is 44.1 Å². The lowest BCUT2D eigenvalue weighted by atomic mass is 10.2. The summed E-state index contributed by atoms with van der Waals surface area (Å²) in [7, 11) is 0. The zero-order chi connectivity index (χ0) is 38.9. The molecule has 298 valence electrons. The number of nitrogens with one attached hydrogen (secondary N) is 2. The van der Waals surface area contributed by atoms with Crippen LogP contribution in [0.2, 0.25) is 0 Å². The fourth-order valence-corrected chi connectivity index (χ4v) is 4.60. The van der Waals surface area contributed by atoms with Crippen LogP contribution in [0.3, 0.4) is 0 Å². The van der Waals surface area contributed by atoms with Crippen molar-refractivity contribution in [1.29, 1.82) is 0 Å². The van der Waals surface area contributed by atoms with E-state index in [-0.39, 0.29) is 42.2 Å². The highest BCUT2D eigenvalue weighted by molar-refractivity contribution is 9.09. The molecule has 0 aromatic heterocycles. The van der Waals surface area contributed by atoms with Gasteiger partial charge in [0.1, 0.15) is 16.5 Å². The normalized spacial score (nSPS) is 16.7. The number of amides is 2. The van der Waals surface area contributed by atoms with Crippen LogP contribution < -0.4 is 10.6 Å². The maximum Gasteiger partial charge on any atom is 0.410 e. The van der Waals surface area contributed by atoms with Crippen molar-refractivity contribution in [3.8, 4) is 0 Å². The highest BCUT2D eigenvalue weighted by Crippen LogP contribution is 2.12. The predicted octanol–water partition coefficient (Wildman–Crippen LogP) is 2.33. The third-order valence-electron chi connectivity index (χ3n) is 6.73. The lowest BCUT2D eigenvalue weighted by Crippen LogP contribution is -2.51. The van der Waals surface area contributed by atoms with Gasteiger partial charge in [-0.05, 0) is 62.3 Å². The van der Waals surface area contributed by atoms with Crippen LogP contribution in [0.15, 0.2) is 0 Å². The van der Waals surface area contributed by atoms with E-state index in [2.05, 4.69) is 36.2 Å². The Labute approximate surface area is 313 Å². The molecule has 3 aliphatic heterocycles. The van der Waals surface area contributed by atoms with E-state index < -0.39 is 5.60 Å². The van der Waals surface area contributed by atoms with Crippen LogP contribution in [0.5, 0.6) is 0 Å². The number of hydrogen-bond donors (Lipinski definition) is 2. The first-order valence-electron chi connectivity index (χ1n) is 17.8. The molecule has 16 nitrogen and oxygen atoms in total. The zero-order valence-corrected chi connectivity index (χ0v) is 34.1. The summed E-state index contributed by atoms with van der Waals surface area (Å²) in [5.74, 6) is -0.532. The van der Waals surface area contributed by atoms with Gasteiger partial charge in [-0.2, -0.15) is 0 Å². The molecule has 0 aromatic rings. The van der Waals surface area contributed by atoms with Gasteiger partial charge >= 0.3 is 30.1 Å². The minimum atomic E-state index is -0.473. The first-order chi connectivity index (χ1) is 23.9. The van der Waals surface area contributed by atoms with Crippen LogP contribution in [0.25, 0.3) is 0 Å². The fraction of sp³-hybridized carbons (Fsp3) is 0.853. The van der Waals surface area contributed by atoms with Gasteiger partial charge in [0.15, 0.2) is 0 Å². The first kappa shape index (κ1) is 48.3.